The van der Waals surface area contributed by atoms with Crippen LogP contribution in [0.5, 0.6) is 0 Å². The summed E-state index contributed by atoms with van der Waals surface area (Å²) in [6.45, 7) is 2.21. The van der Waals surface area contributed by atoms with Gasteiger partial charge >= 0.3 is 0 Å². The van der Waals surface area contributed by atoms with Crippen LogP contribution in [0.4, 0.5) is 5.82 Å². The Morgan fingerprint density at radius 2 is 1.92 bits per heavy atom. The van der Waals surface area contributed by atoms with Crippen LogP contribution in [0.1, 0.15) is 30.9 Å². The van der Waals surface area contributed by atoms with Gasteiger partial charge in [-0.25, -0.2) is 15.0 Å². The van der Waals surface area contributed by atoms with Gasteiger partial charge in [-0.15, -0.1) is 0 Å². The van der Waals surface area contributed by atoms with Crippen LogP contribution in [0.3, 0.4) is 0 Å². The summed E-state index contributed by atoms with van der Waals surface area (Å²) in [5.41, 5.74) is 8.45. The molecular formula is C17H22N6O2S. The molecule has 0 unspecified atom stereocenters. The molecule has 8 nitrogen and oxygen atoms in total. The molecule has 9 heteroatoms. The molecule has 2 aliphatic rings. The summed E-state index contributed by atoms with van der Waals surface area (Å²) in [7, 11) is -3.37. The zero-order valence-corrected chi connectivity index (χ0v) is 15.3. The van der Waals surface area contributed by atoms with Crippen molar-refractivity contribution >= 4 is 16.0 Å². The van der Waals surface area contributed by atoms with Crippen molar-refractivity contribution in [3.63, 3.8) is 0 Å². The van der Waals surface area contributed by atoms with E-state index in [0.29, 0.717) is 32.0 Å². The third-order valence-corrected chi connectivity index (χ3v) is 7.09. The normalized spacial score (nSPS) is 22.1. The molecule has 0 aliphatic carbocycles. The first-order valence-electron chi connectivity index (χ1n) is 8.83. The number of rotatable bonds is 4. The number of hydrogen-bond acceptors (Lipinski definition) is 6. The smallest absolute Gasteiger partial charge is 0.281 e. The SMILES string of the molecule is Nc1cc(-c2cncnc2[C@H]2CCN(S(=O)(=O)N3CCCC3)C2)ccn1. The van der Waals surface area contributed by atoms with Crippen molar-refractivity contribution in [1.29, 1.82) is 0 Å². The minimum Gasteiger partial charge on any atom is -0.384 e. The summed E-state index contributed by atoms with van der Waals surface area (Å²) in [6, 6.07) is 3.65. The Morgan fingerprint density at radius 1 is 1.12 bits per heavy atom. The van der Waals surface area contributed by atoms with Crippen molar-refractivity contribution in [2.24, 2.45) is 0 Å². The van der Waals surface area contributed by atoms with E-state index in [2.05, 4.69) is 15.0 Å². The van der Waals surface area contributed by atoms with Gasteiger partial charge in [0.2, 0.25) is 0 Å². The number of hydrogen-bond donors (Lipinski definition) is 1. The summed E-state index contributed by atoms with van der Waals surface area (Å²) in [5, 5.41) is 0. The van der Waals surface area contributed by atoms with Gasteiger partial charge in [0.05, 0.1) is 5.69 Å². The van der Waals surface area contributed by atoms with E-state index in [1.165, 1.54) is 6.33 Å². The number of aromatic nitrogens is 3. The van der Waals surface area contributed by atoms with E-state index in [0.717, 1.165) is 36.1 Å². The molecule has 2 aromatic rings. The molecule has 2 fully saturated rings. The van der Waals surface area contributed by atoms with Crippen LogP contribution in [-0.4, -0.2) is 58.2 Å². The lowest BCUT2D eigenvalue weighted by Gasteiger charge is -2.23. The first kappa shape index (κ1) is 17.3. The zero-order valence-electron chi connectivity index (χ0n) is 14.5. The van der Waals surface area contributed by atoms with Crippen molar-refractivity contribution in [2.45, 2.75) is 25.2 Å². The fourth-order valence-corrected chi connectivity index (χ4v) is 5.50. The number of nitrogens with two attached hydrogens (primary N) is 1. The predicted octanol–water partition coefficient (Wildman–Crippen LogP) is 1.25. The third kappa shape index (κ3) is 3.17. The molecule has 138 valence electrons. The summed E-state index contributed by atoms with van der Waals surface area (Å²) in [6.07, 6.45) is 7.56. The van der Waals surface area contributed by atoms with Gasteiger partial charge in [0.15, 0.2) is 0 Å². The molecule has 0 radical (unpaired) electrons. The zero-order chi connectivity index (χ0) is 18.1. The Kier molecular flexibility index (Phi) is 4.60. The molecule has 0 spiro atoms. The van der Waals surface area contributed by atoms with E-state index >= 15 is 0 Å². The summed E-state index contributed by atoms with van der Waals surface area (Å²) >= 11 is 0. The fraction of sp³-hybridized carbons (Fsp3) is 0.471. The molecule has 2 N–H and O–H groups in total. The Hall–Kier alpha value is -2.10. The summed E-state index contributed by atoms with van der Waals surface area (Å²) in [4.78, 5) is 12.6. The Bertz CT molecular complexity index is 898. The Balaban J connectivity index is 1.60. The standard InChI is InChI=1S/C17H22N6O2S/c18-16-9-13(3-5-20-16)15-10-19-12-21-17(15)14-4-8-23(11-14)26(24,25)22-6-1-2-7-22/h3,5,9-10,12,14H,1-2,4,6-8,11H2,(H2,18,20)/t14-/m0/s1. The molecule has 2 aliphatic heterocycles. The molecule has 2 saturated heterocycles. The molecule has 0 saturated carbocycles. The Morgan fingerprint density at radius 3 is 2.69 bits per heavy atom. The lowest BCUT2D eigenvalue weighted by molar-refractivity contribution is 0.395. The van der Waals surface area contributed by atoms with Crippen LogP contribution in [-0.2, 0) is 10.2 Å². The molecule has 4 heterocycles. The van der Waals surface area contributed by atoms with E-state index in [-0.39, 0.29) is 5.92 Å². The van der Waals surface area contributed by atoms with Crippen LogP contribution < -0.4 is 5.73 Å². The largest absolute Gasteiger partial charge is 0.384 e. The molecule has 2 aromatic heterocycles. The van der Waals surface area contributed by atoms with Crippen molar-refractivity contribution in [3.05, 3.63) is 36.5 Å². The second-order valence-electron chi connectivity index (χ2n) is 6.75. The van der Waals surface area contributed by atoms with E-state index in [1.807, 2.05) is 6.07 Å². The maximum absolute atomic E-state index is 12.8. The highest BCUT2D eigenvalue weighted by Crippen LogP contribution is 2.34. The topological polar surface area (TPSA) is 105 Å². The highest BCUT2D eigenvalue weighted by atomic mass is 32.2. The summed E-state index contributed by atoms with van der Waals surface area (Å²) < 4.78 is 28.8. The van der Waals surface area contributed by atoms with Crippen LogP contribution in [0.25, 0.3) is 11.1 Å². The van der Waals surface area contributed by atoms with Gasteiger partial charge < -0.3 is 5.73 Å². The van der Waals surface area contributed by atoms with Crippen molar-refractivity contribution in [1.82, 2.24) is 23.6 Å². The van der Waals surface area contributed by atoms with Crippen LogP contribution in [0.15, 0.2) is 30.9 Å². The highest BCUT2D eigenvalue weighted by Gasteiger charge is 2.38. The van der Waals surface area contributed by atoms with Gasteiger partial charge in [-0.3, -0.25) is 0 Å². The van der Waals surface area contributed by atoms with Gasteiger partial charge in [-0.05, 0) is 37.0 Å². The van der Waals surface area contributed by atoms with E-state index in [1.54, 1.807) is 27.1 Å². The average Bonchev–Trinajstić information content (AvgIpc) is 3.34. The number of pyridine rings is 1. The second kappa shape index (κ2) is 6.90. The van der Waals surface area contributed by atoms with E-state index < -0.39 is 10.2 Å². The average molecular weight is 374 g/mol. The quantitative estimate of drug-likeness (QED) is 0.863. The van der Waals surface area contributed by atoms with Gasteiger partial charge in [-0.2, -0.15) is 17.0 Å². The molecule has 0 bridgehead atoms. The number of nitrogen functional groups attached to an aromatic ring is 1. The van der Waals surface area contributed by atoms with Crippen molar-refractivity contribution < 1.29 is 8.42 Å². The maximum Gasteiger partial charge on any atom is 0.281 e. The number of anilines is 1. The maximum atomic E-state index is 12.8. The van der Waals surface area contributed by atoms with E-state index in [9.17, 15) is 8.42 Å². The molecular weight excluding hydrogens is 352 g/mol. The minimum absolute atomic E-state index is 0.0415. The van der Waals surface area contributed by atoms with Crippen LogP contribution in [0.2, 0.25) is 0 Å². The summed E-state index contributed by atoms with van der Waals surface area (Å²) in [5.74, 6) is 0.474. The third-order valence-electron chi connectivity index (χ3n) is 5.09. The minimum atomic E-state index is -3.37. The number of nitrogens with zero attached hydrogens (tertiary/aromatic N) is 5. The second-order valence-corrected chi connectivity index (χ2v) is 8.68. The van der Waals surface area contributed by atoms with Gasteiger partial charge in [0.1, 0.15) is 12.1 Å². The van der Waals surface area contributed by atoms with Gasteiger partial charge in [-0.1, -0.05) is 0 Å². The highest BCUT2D eigenvalue weighted by molar-refractivity contribution is 7.86. The lowest BCUT2D eigenvalue weighted by Crippen LogP contribution is -2.41. The van der Waals surface area contributed by atoms with Crippen molar-refractivity contribution in [3.8, 4) is 11.1 Å². The molecule has 0 amide bonds. The molecule has 0 aromatic carbocycles. The molecule has 4 rings (SSSR count). The van der Waals surface area contributed by atoms with Crippen molar-refractivity contribution in [2.75, 3.05) is 31.9 Å². The van der Waals surface area contributed by atoms with Crippen LogP contribution >= 0.6 is 0 Å². The monoisotopic (exact) mass is 374 g/mol. The van der Waals surface area contributed by atoms with Gasteiger partial charge in [0, 0.05) is 50.1 Å². The first-order valence-corrected chi connectivity index (χ1v) is 10.2. The van der Waals surface area contributed by atoms with E-state index in [4.69, 9.17) is 5.73 Å². The first-order chi connectivity index (χ1) is 12.6. The molecule has 26 heavy (non-hydrogen) atoms. The Labute approximate surface area is 153 Å². The lowest BCUT2D eigenvalue weighted by atomic mass is 9.96. The van der Waals surface area contributed by atoms with Gasteiger partial charge in [0.25, 0.3) is 10.2 Å². The predicted molar refractivity (Wildman–Crippen MR) is 98.3 cm³/mol. The van der Waals surface area contributed by atoms with Crippen LogP contribution in [0, 0.1) is 0 Å². The fourth-order valence-electron chi connectivity index (χ4n) is 3.75. The molecule has 1 atom stereocenters.